The van der Waals surface area contributed by atoms with Crippen LogP contribution in [0.5, 0.6) is 0 Å². The molecule has 0 bridgehead atoms. The fourth-order valence-corrected chi connectivity index (χ4v) is 4.24. The lowest BCUT2D eigenvalue weighted by Gasteiger charge is -2.09. The fraction of sp³-hybridized carbons (Fsp3) is 0.500. The number of carbonyl (C=O) groups is 1. The molecule has 3 rings (SSSR count). The van der Waals surface area contributed by atoms with Crippen LogP contribution in [0.2, 0.25) is 0 Å². The lowest BCUT2D eigenvalue weighted by Crippen LogP contribution is -2.24. The van der Waals surface area contributed by atoms with Gasteiger partial charge >= 0.3 is 5.97 Å². The van der Waals surface area contributed by atoms with E-state index in [9.17, 15) is 14.7 Å². The molecular weight excluding hydrogens is 276 g/mol. The fourth-order valence-electron chi connectivity index (χ4n) is 2.96. The Bertz CT molecular complexity index is 760. The Morgan fingerprint density at radius 2 is 2.30 bits per heavy atom. The van der Waals surface area contributed by atoms with Crippen LogP contribution in [0.3, 0.4) is 0 Å². The predicted molar refractivity (Wildman–Crippen MR) is 77.6 cm³/mol. The maximum atomic E-state index is 12.7. The minimum atomic E-state index is -0.842. The Morgan fingerprint density at radius 1 is 1.55 bits per heavy atom. The number of carboxylic acid groups (broad SMARTS) is 1. The highest BCUT2D eigenvalue weighted by molar-refractivity contribution is 7.18. The van der Waals surface area contributed by atoms with Gasteiger partial charge in [0.1, 0.15) is 10.7 Å². The number of hydrogen-bond donors (Lipinski definition) is 1. The van der Waals surface area contributed by atoms with E-state index in [0.717, 1.165) is 23.3 Å². The van der Waals surface area contributed by atoms with Crippen LogP contribution in [-0.4, -0.2) is 20.6 Å². The molecule has 6 heteroatoms. The molecule has 1 aliphatic rings. The lowest BCUT2D eigenvalue weighted by atomic mass is 10.0. The number of aliphatic carboxylic acids is 1. The molecule has 2 aromatic rings. The number of fused-ring (bicyclic) bond motifs is 3. The largest absolute Gasteiger partial charge is 0.481 e. The zero-order chi connectivity index (χ0) is 14.4. The number of rotatable bonds is 3. The number of carboxylic acids is 1. The Hall–Kier alpha value is -1.69. The van der Waals surface area contributed by atoms with E-state index in [4.69, 9.17) is 0 Å². The van der Waals surface area contributed by atoms with Crippen LogP contribution in [-0.2, 0) is 17.8 Å². The molecule has 0 aromatic carbocycles. The van der Waals surface area contributed by atoms with Crippen molar-refractivity contribution in [3.8, 4) is 0 Å². The van der Waals surface area contributed by atoms with Crippen LogP contribution < -0.4 is 5.56 Å². The first-order chi connectivity index (χ1) is 9.54. The van der Waals surface area contributed by atoms with E-state index in [0.29, 0.717) is 29.0 Å². The van der Waals surface area contributed by atoms with Gasteiger partial charge in [-0.25, -0.2) is 4.98 Å². The number of thiophene rings is 1. The number of nitrogens with zero attached hydrogens (tertiary/aromatic N) is 2. The predicted octanol–water partition coefficient (Wildman–Crippen LogP) is 2.29. The minimum absolute atomic E-state index is 0.0833. The van der Waals surface area contributed by atoms with Crippen LogP contribution in [0.4, 0.5) is 0 Å². The molecular formula is C14H16N2O3S. The first-order valence-corrected chi connectivity index (χ1v) is 7.61. The summed E-state index contributed by atoms with van der Waals surface area (Å²) in [4.78, 5) is 30.2. The lowest BCUT2D eigenvalue weighted by molar-refractivity contribution is -0.138. The molecule has 0 fully saturated rings. The number of aryl methyl sites for hydroxylation is 2. The summed E-state index contributed by atoms with van der Waals surface area (Å²) in [7, 11) is 0. The van der Waals surface area contributed by atoms with Gasteiger partial charge in [-0.1, -0.05) is 6.92 Å². The Morgan fingerprint density at radius 3 is 2.95 bits per heavy atom. The van der Waals surface area contributed by atoms with Gasteiger partial charge in [0.05, 0.1) is 11.3 Å². The molecule has 0 saturated carbocycles. The van der Waals surface area contributed by atoms with Crippen molar-refractivity contribution < 1.29 is 9.90 Å². The third-order valence-corrected chi connectivity index (χ3v) is 5.03. The summed E-state index contributed by atoms with van der Waals surface area (Å²) < 4.78 is 1.66. The molecule has 1 N–H and O–H groups in total. The van der Waals surface area contributed by atoms with Crippen molar-refractivity contribution in [1.82, 2.24) is 9.55 Å². The van der Waals surface area contributed by atoms with Gasteiger partial charge in [-0.15, -0.1) is 11.3 Å². The van der Waals surface area contributed by atoms with Crippen molar-refractivity contribution in [3.05, 3.63) is 26.6 Å². The molecule has 106 valence electrons. The van der Waals surface area contributed by atoms with E-state index in [1.807, 2.05) is 13.8 Å². The van der Waals surface area contributed by atoms with E-state index in [-0.39, 0.29) is 5.56 Å². The number of aromatic nitrogens is 2. The molecule has 0 saturated heterocycles. The van der Waals surface area contributed by atoms with Crippen molar-refractivity contribution in [2.45, 2.75) is 45.6 Å². The monoisotopic (exact) mass is 292 g/mol. The summed E-state index contributed by atoms with van der Waals surface area (Å²) in [5.41, 5.74) is 0.639. The molecule has 0 radical (unpaired) electrons. The molecule has 0 spiro atoms. The van der Waals surface area contributed by atoms with E-state index in [1.54, 1.807) is 4.57 Å². The quantitative estimate of drug-likeness (QED) is 0.942. The van der Waals surface area contributed by atoms with Gasteiger partial charge < -0.3 is 5.11 Å². The third-order valence-electron chi connectivity index (χ3n) is 3.87. The van der Waals surface area contributed by atoms with Gasteiger partial charge in [0, 0.05) is 11.4 Å². The normalized spacial score (nSPS) is 17.6. The van der Waals surface area contributed by atoms with Crippen molar-refractivity contribution in [3.63, 3.8) is 0 Å². The first-order valence-electron chi connectivity index (χ1n) is 6.80. The second kappa shape index (κ2) is 4.70. The SMILES string of the molecule is CCCn1c(C)nc2sc3c(c2c1=O)C(C(=O)O)CC3. The molecule has 0 aliphatic heterocycles. The standard InChI is InChI=1S/C14H16N2O3S/c1-3-6-16-7(2)15-12-11(13(16)17)10-8(14(18)19)4-5-9(10)20-12/h8H,3-6H2,1-2H3,(H,18,19). The minimum Gasteiger partial charge on any atom is -0.481 e. The maximum Gasteiger partial charge on any atom is 0.311 e. The summed E-state index contributed by atoms with van der Waals surface area (Å²) in [5.74, 6) is -0.687. The highest BCUT2D eigenvalue weighted by Gasteiger charge is 2.34. The van der Waals surface area contributed by atoms with Crippen LogP contribution in [0.1, 0.15) is 41.9 Å². The average Bonchev–Trinajstić information content (AvgIpc) is 2.92. The zero-order valence-corrected chi connectivity index (χ0v) is 12.3. The summed E-state index contributed by atoms with van der Waals surface area (Å²) in [5, 5.41) is 9.87. The molecule has 1 atom stereocenters. The summed E-state index contributed by atoms with van der Waals surface area (Å²) in [6.07, 6.45) is 2.18. The molecule has 2 aromatic heterocycles. The van der Waals surface area contributed by atoms with E-state index < -0.39 is 11.9 Å². The van der Waals surface area contributed by atoms with E-state index in [1.165, 1.54) is 11.3 Å². The van der Waals surface area contributed by atoms with Crippen molar-refractivity contribution in [2.24, 2.45) is 0 Å². The van der Waals surface area contributed by atoms with Crippen LogP contribution in [0.25, 0.3) is 10.2 Å². The molecule has 5 nitrogen and oxygen atoms in total. The molecule has 1 aliphatic carbocycles. The van der Waals surface area contributed by atoms with Crippen LogP contribution >= 0.6 is 11.3 Å². The zero-order valence-electron chi connectivity index (χ0n) is 11.5. The Labute approximate surface area is 119 Å². The molecule has 0 amide bonds. The van der Waals surface area contributed by atoms with Gasteiger partial charge in [0.25, 0.3) is 5.56 Å². The van der Waals surface area contributed by atoms with E-state index in [2.05, 4.69) is 4.98 Å². The number of hydrogen-bond acceptors (Lipinski definition) is 4. The molecule has 1 unspecified atom stereocenters. The molecule has 2 heterocycles. The Kier molecular flexibility index (Phi) is 3.12. The first kappa shape index (κ1) is 13.3. The van der Waals surface area contributed by atoms with Gasteiger partial charge in [-0.3, -0.25) is 14.2 Å². The van der Waals surface area contributed by atoms with Crippen molar-refractivity contribution in [1.29, 1.82) is 0 Å². The van der Waals surface area contributed by atoms with Crippen LogP contribution in [0, 0.1) is 6.92 Å². The maximum absolute atomic E-state index is 12.7. The van der Waals surface area contributed by atoms with Crippen LogP contribution in [0.15, 0.2) is 4.79 Å². The van der Waals surface area contributed by atoms with Crippen molar-refractivity contribution in [2.75, 3.05) is 0 Å². The summed E-state index contributed by atoms with van der Waals surface area (Å²) >= 11 is 1.47. The topological polar surface area (TPSA) is 72.2 Å². The van der Waals surface area contributed by atoms with Gasteiger partial charge in [-0.05, 0) is 31.7 Å². The summed E-state index contributed by atoms with van der Waals surface area (Å²) in [6, 6.07) is 0. The summed E-state index contributed by atoms with van der Waals surface area (Å²) in [6.45, 7) is 4.46. The second-order valence-corrected chi connectivity index (χ2v) is 6.25. The highest BCUT2D eigenvalue weighted by Crippen LogP contribution is 2.42. The van der Waals surface area contributed by atoms with E-state index >= 15 is 0 Å². The van der Waals surface area contributed by atoms with Gasteiger partial charge in [0.15, 0.2) is 0 Å². The van der Waals surface area contributed by atoms with Gasteiger partial charge in [-0.2, -0.15) is 0 Å². The average molecular weight is 292 g/mol. The highest BCUT2D eigenvalue weighted by atomic mass is 32.1. The van der Waals surface area contributed by atoms with Gasteiger partial charge in [0.2, 0.25) is 0 Å². The van der Waals surface area contributed by atoms with Crippen molar-refractivity contribution >= 4 is 27.5 Å². The second-order valence-electron chi connectivity index (χ2n) is 5.16. The molecule has 20 heavy (non-hydrogen) atoms. The Balaban J connectivity index is 2.33. The smallest absolute Gasteiger partial charge is 0.311 e. The third kappa shape index (κ3) is 1.78.